The van der Waals surface area contributed by atoms with Crippen molar-refractivity contribution < 1.29 is 14.6 Å². The van der Waals surface area contributed by atoms with E-state index in [0.29, 0.717) is 5.39 Å². The molecule has 0 aliphatic rings. The van der Waals surface area contributed by atoms with Crippen molar-refractivity contribution in [1.82, 2.24) is 4.57 Å². The van der Waals surface area contributed by atoms with Crippen LogP contribution in [0.25, 0.3) is 27.8 Å². The fourth-order valence-electron chi connectivity index (χ4n) is 3.53. The molecule has 0 aliphatic carbocycles. The smallest absolute Gasteiger partial charge is 0.310 e. The number of para-hydroxylation sites is 1. The van der Waals surface area contributed by atoms with Crippen LogP contribution in [0, 0.1) is 0 Å². The fourth-order valence-corrected chi connectivity index (χ4v) is 3.53. The van der Waals surface area contributed by atoms with E-state index < -0.39 is 0 Å². The molecule has 4 aromatic rings. The number of carbonyl (C=O) groups excluding carboxylic acids is 1. The predicted octanol–water partition coefficient (Wildman–Crippen LogP) is 4.72. The molecule has 0 bridgehead atoms. The van der Waals surface area contributed by atoms with Gasteiger partial charge in [0.25, 0.3) is 0 Å². The molecule has 4 nitrogen and oxygen atoms in total. The van der Waals surface area contributed by atoms with Gasteiger partial charge >= 0.3 is 5.97 Å². The Morgan fingerprint density at radius 2 is 1.59 bits per heavy atom. The zero-order chi connectivity index (χ0) is 18.8. The molecule has 0 amide bonds. The van der Waals surface area contributed by atoms with Gasteiger partial charge in [-0.25, -0.2) is 0 Å². The Hall–Kier alpha value is -3.53. The molecule has 27 heavy (non-hydrogen) atoms. The lowest BCUT2D eigenvalue weighted by molar-refractivity contribution is -0.139. The van der Waals surface area contributed by atoms with Crippen LogP contribution in [-0.4, -0.2) is 22.8 Å². The number of hydrogen-bond donors (Lipinski definition) is 1. The predicted molar refractivity (Wildman–Crippen MR) is 106 cm³/mol. The first-order valence-electron chi connectivity index (χ1n) is 8.73. The second-order valence-corrected chi connectivity index (χ2v) is 6.29. The average molecular weight is 357 g/mol. The van der Waals surface area contributed by atoms with Crippen molar-refractivity contribution in [2.75, 3.05) is 7.11 Å². The number of benzene rings is 3. The van der Waals surface area contributed by atoms with E-state index in [4.69, 9.17) is 4.74 Å². The monoisotopic (exact) mass is 357 g/mol. The molecule has 3 aromatic carbocycles. The lowest BCUT2D eigenvalue weighted by atomic mass is 10.0. The zero-order valence-electron chi connectivity index (χ0n) is 14.9. The van der Waals surface area contributed by atoms with Gasteiger partial charge < -0.3 is 14.4 Å². The highest BCUT2D eigenvalue weighted by Crippen LogP contribution is 2.40. The van der Waals surface area contributed by atoms with Crippen LogP contribution >= 0.6 is 0 Å². The molecular weight excluding hydrogens is 338 g/mol. The number of aromatic nitrogens is 1. The molecule has 1 heterocycles. The highest BCUT2D eigenvalue weighted by atomic mass is 16.5. The third-order valence-electron chi connectivity index (χ3n) is 4.68. The minimum absolute atomic E-state index is 0.0780. The molecule has 1 aromatic heterocycles. The summed E-state index contributed by atoms with van der Waals surface area (Å²) in [6.45, 7) is 0. The number of aromatic hydroxyl groups is 1. The molecule has 0 atom stereocenters. The number of methoxy groups -OCH3 is 1. The van der Waals surface area contributed by atoms with Crippen molar-refractivity contribution in [2.24, 2.45) is 0 Å². The van der Waals surface area contributed by atoms with Gasteiger partial charge in [0.15, 0.2) is 0 Å². The summed E-state index contributed by atoms with van der Waals surface area (Å²) in [4.78, 5) is 12.2. The largest absolute Gasteiger partial charge is 0.507 e. The van der Waals surface area contributed by atoms with Gasteiger partial charge in [0.05, 0.1) is 24.7 Å². The Labute approximate surface area is 157 Å². The zero-order valence-corrected chi connectivity index (χ0v) is 14.9. The maximum Gasteiger partial charge on any atom is 0.310 e. The highest BCUT2D eigenvalue weighted by Gasteiger charge is 2.23. The fraction of sp³-hybridized carbons (Fsp3) is 0.0870. The molecule has 0 radical (unpaired) electrons. The molecule has 0 fully saturated rings. The minimum atomic E-state index is -0.345. The molecule has 0 unspecified atom stereocenters. The first-order valence-corrected chi connectivity index (χ1v) is 8.73. The Bertz CT molecular complexity index is 1100. The van der Waals surface area contributed by atoms with Crippen molar-refractivity contribution in [1.29, 1.82) is 0 Å². The van der Waals surface area contributed by atoms with Crippen LogP contribution in [0.4, 0.5) is 0 Å². The SMILES string of the molecule is COC(=O)Cc1c(-c2ccccc2)n(-c2ccccc2)c2cccc(O)c12. The van der Waals surface area contributed by atoms with Gasteiger partial charge in [0, 0.05) is 16.6 Å². The Morgan fingerprint density at radius 1 is 0.926 bits per heavy atom. The molecule has 0 saturated carbocycles. The first kappa shape index (κ1) is 16.9. The number of fused-ring (bicyclic) bond motifs is 1. The van der Waals surface area contributed by atoms with E-state index in [0.717, 1.165) is 28.0 Å². The summed E-state index contributed by atoms with van der Waals surface area (Å²) >= 11 is 0. The standard InChI is InChI=1S/C23H19NO3/c1-27-21(26)15-18-22-19(13-8-14-20(22)25)24(17-11-6-3-7-12-17)23(18)16-9-4-2-5-10-16/h2-14,25H,15H2,1H3. The van der Waals surface area contributed by atoms with Gasteiger partial charge in [-0.3, -0.25) is 4.79 Å². The topological polar surface area (TPSA) is 51.5 Å². The number of nitrogens with zero attached hydrogens (tertiary/aromatic N) is 1. The van der Waals surface area contributed by atoms with Crippen LogP contribution in [0.15, 0.2) is 78.9 Å². The number of phenolic OH excluding ortho intramolecular Hbond substituents is 1. The quantitative estimate of drug-likeness (QED) is 0.538. The minimum Gasteiger partial charge on any atom is -0.507 e. The Balaban J connectivity index is 2.14. The van der Waals surface area contributed by atoms with Crippen molar-refractivity contribution in [3.8, 4) is 22.7 Å². The van der Waals surface area contributed by atoms with E-state index in [9.17, 15) is 9.90 Å². The van der Waals surface area contributed by atoms with E-state index in [-0.39, 0.29) is 18.1 Å². The third-order valence-corrected chi connectivity index (χ3v) is 4.68. The molecule has 0 spiro atoms. The molecule has 0 saturated heterocycles. The maximum absolute atomic E-state index is 12.2. The third kappa shape index (κ3) is 2.95. The lowest BCUT2D eigenvalue weighted by Gasteiger charge is -2.12. The molecule has 1 N–H and O–H groups in total. The van der Waals surface area contributed by atoms with Crippen LogP contribution in [0.1, 0.15) is 5.56 Å². The van der Waals surface area contributed by atoms with Crippen LogP contribution in [0.2, 0.25) is 0 Å². The van der Waals surface area contributed by atoms with Crippen LogP contribution in [0.5, 0.6) is 5.75 Å². The molecule has 4 heteroatoms. The number of hydrogen-bond acceptors (Lipinski definition) is 3. The lowest BCUT2D eigenvalue weighted by Crippen LogP contribution is -2.06. The van der Waals surface area contributed by atoms with Gasteiger partial charge in [-0.2, -0.15) is 0 Å². The Kier molecular flexibility index (Phi) is 4.38. The van der Waals surface area contributed by atoms with Gasteiger partial charge in [-0.05, 0) is 29.8 Å². The average Bonchev–Trinajstić information content (AvgIpc) is 3.04. The summed E-state index contributed by atoms with van der Waals surface area (Å²) in [5, 5.41) is 11.3. The molecular formula is C23H19NO3. The number of carbonyl (C=O) groups is 1. The van der Waals surface area contributed by atoms with Gasteiger partial charge in [-0.1, -0.05) is 54.6 Å². The second-order valence-electron chi connectivity index (χ2n) is 6.29. The van der Waals surface area contributed by atoms with E-state index in [1.54, 1.807) is 6.07 Å². The normalized spacial score (nSPS) is 10.9. The van der Waals surface area contributed by atoms with E-state index in [1.165, 1.54) is 7.11 Å². The van der Waals surface area contributed by atoms with Crippen LogP contribution in [0.3, 0.4) is 0 Å². The van der Waals surface area contributed by atoms with Crippen LogP contribution < -0.4 is 0 Å². The number of phenols is 1. The second kappa shape index (κ2) is 7.00. The first-order chi connectivity index (χ1) is 13.2. The summed E-state index contributed by atoms with van der Waals surface area (Å²) in [5.41, 5.74) is 4.41. The molecule has 134 valence electrons. The van der Waals surface area contributed by atoms with Crippen LogP contribution in [-0.2, 0) is 16.0 Å². The summed E-state index contributed by atoms with van der Waals surface area (Å²) in [6, 6.07) is 25.2. The van der Waals surface area contributed by atoms with Crippen molar-refractivity contribution in [3.63, 3.8) is 0 Å². The molecule has 0 aliphatic heterocycles. The summed E-state index contributed by atoms with van der Waals surface area (Å²) in [6.07, 6.45) is 0.0780. The van der Waals surface area contributed by atoms with E-state index >= 15 is 0 Å². The van der Waals surface area contributed by atoms with Gasteiger partial charge in [0.2, 0.25) is 0 Å². The van der Waals surface area contributed by atoms with Gasteiger partial charge in [0.1, 0.15) is 5.75 Å². The number of esters is 1. The highest BCUT2D eigenvalue weighted by molar-refractivity contribution is 5.99. The summed E-state index contributed by atoms with van der Waals surface area (Å²) < 4.78 is 7.00. The summed E-state index contributed by atoms with van der Waals surface area (Å²) in [5.74, 6) is -0.194. The van der Waals surface area contributed by atoms with Crippen molar-refractivity contribution in [2.45, 2.75) is 6.42 Å². The van der Waals surface area contributed by atoms with Gasteiger partial charge in [-0.15, -0.1) is 0 Å². The maximum atomic E-state index is 12.2. The number of rotatable bonds is 4. The van der Waals surface area contributed by atoms with E-state index in [2.05, 4.69) is 4.57 Å². The number of ether oxygens (including phenoxy) is 1. The molecule has 4 rings (SSSR count). The van der Waals surface area contributed by atoms with Crippen molar-refractivity contribution in [3.05, 3.63) is 84.4 Å². The summed E-state index contributed by atoms with van der Waals surface area (Å²) in [7, 11) is 1.38. The Morgan fingerprint density at radius 3 is 2.26 bits per heavy atom. The van der Waals surface area contributed by atoms with Crippen molar-refractivity contribution >= 4 is 16.9 Å². The van der Waals surface area contributed by atoms with E-state index in [1.807, 2.05) is 72.8 Å².